The highest BCUT2D eigenvalue weighted by atomic mass is 16.1. The number of azide groups is 1. The fourth-order valence-electron chi connectivity index (χ4n) is 0.0630. The summed E-state index contributed by atoms with van der Waals surface area (Å²) >= 11 is 0. The van der Waals surface area contributed by atoms with E-state index in [1.165, 1.54) is 6.92 Å². The van der Waals surface area contributed by atoms with Crippen LogP contribution in [0, 0.1) is 0 Å². The fraction of sp³-hybridized carbons (Fsp3) is 0.500. The van der Waals surface area contributed by atoms with Gasteiger partial charge in [0.2, 0.25) is 5.91 Å². The third kappa shape index (κ3) is 2.98. The fourth-order valence-corrected chi connectivity index (χ4v) is 0.0630. The van der Waals surface area contributed by atoms with Crippen LogP contribution in [-0.2, 0) is 4.79 Å². The second kappa shape index (κ2) is 2.23. The molecule has 4 heteroatoms. The van der Waals surface area contributed by atoms with Crippen molar-refractivity contribution < 1.29 is 4.79 Å². The molecule has 0 aliphatic heterocycles. The Kier molecular flexibility index (Phi) is 1.85. The Bertz CT molecular complexity index is 101. The van der Waals surface area contributed by atoms with Crippen molar-refractivity contribution in [1.29, 1.82) is 0 Å². The van der Waals surface area contributed by atoms with Crippen LogP contribution in [0.5, 0.6) is 0 Å². The summed E-state index contributed by atoms with van der Waals surface area (Å²) in [5, 5.41) is 2.67. The highest BCUT2D eigenvalue weighted by Crippen LogP contribution is 1.67. The molecule has 0 radical (unpaired) electrons. The van der Waals surface area contributed by atoms with Crippen molar-refractivity contribution in [2.45, 2.75) is 6.92 Å². The van der Waals surface area contributed by atoms with Gasteiger partial charge in [-0.15, -0.1) is 0 Å². The Morgan fingerprint density at radius 3 is 2.50 bits per heavy atom. The molecule has 0 spiro atoms. The molecular weight excluding hydrogens is 82.0 g/mol. The van der Waals surface area contributed by atoms with E-state index in [-0.39, 0.29) is 0 Å². The summed E-state index contributed by atoms with van der Waals surface area (Å²) in [5.74, 6) is -0.502. The highest BCUT2D eigenvalue weighted by molar-refractivity contribution is 5.73. The van der Waals surface area contributed by atoms with Crippen molar-refractivity contribution in [3.05, 3.63) is 10.4 Å². The molecule has 32 valence electrons. The number of carbonyl (C=O) groups excluding carboxylic acids is 1. The molecule has 0 rings (SSSR count). The number of hydrogen-bond acceptors (Lipinski definition) is 1. The minimum atomic E-state index is -0.502. The zero-order chi connectivity index (χ0) is 4.99. The Labute approximate surface area is 34.4 Å². The first-order chi connectivity index (χ1) is 2.77. The van der Waals surface area contributed by atoms with E-state index in [1.807, 2.05) is 0 Å². The largest absolute Gasteiger partial charge is 0.293 e. The van der Waals surface area contributed by atoms with Gasteiger partial charge in [-0.25, -0.2) is 0 Å². The molecule has 0 saturated heterocycles. The average Bonchev–Trinajstić information content (AvgIpc) is 1.35. The van der Waals surface area contributed by atoms with E-state index in [4.69, 9.17) is 5.53 Å². The van der Waals surface area contributed by atoms with Gasteiger partial charge in [-0.2, -0.15) is 0 Å². The number of carbonyl (C=O) groups is 1. The molecule has 0 saturated carbocycles. The summed E-state index contributed by atoms with van der Waals surface area (Å²) in [7, 11) is 0. The summed E-state index contributed by atoms with van der Waals surface area (Å²) in [5.41, 5.74) is 7.47. The van der Waals surface area contributed by atoms with Gasteiger partial charge in [-0.1, -0.05) is 0 Å². The van der Waals surface area contributed by atoms with E-state index < -0.39 is 5.91 Å². The van der Waals surface area contributed by atoms with Gasteiger partial charge in [0.05, 0.1) is 0 Å². The maximum atomic E-state index is 9.62. The lowest BCUT2D eigenvalue weighted by Crippen LogP contribution is -1.74. The zero-order valence-electron chi connectivity index (χ0n) is 3.25. The minimum Gasteiger partial charge on any atom is -0.293 e. The van der Waals surface area contributed by atoms with Crippen LogP contribution in [-0.4, -0.2) is 5.91 Å². The van der Waals surface area contributed by atoms with E-state index in [0.717, 1.165) is 0 Å². The van der Waals surface area contributed by atoms with Crippen molar-refractivity contribution in [3.8, 4) is 0 Å². The van der Waals surface area contributed by atoms with Crippen LogP contribution in [0.15, 0.2) is 5.11 Å². The van der Waals surface area contributed by atoms with E-state index in [1.54, 1.807) is 0 Å². The molecule has 0 fully saturated rings. The smallest absolute Gasteiger partial charge is 0.215 e. The van der Waals surface area contributed by atoms with E-state index in [0.29, 0.717) is 0 Å². The zero-order valence-corrected chi connectivity index (χ0v) is 3.25. The third-order valence-electron chi connectivity index (χ3n) is 0.186. The Balaban J connectivity index is 3.60. The highest BCUT2D eigenvalue weighted by Gasteiger charge is 1.74. The van der Waals surface area contributed by atoms with Crippen LogP contribution >= 0.6 is 0 Å². The molecular formula is C2H3N3O. The van der Waals surface area contributed by atoms with Gasteiger partial charge >= 0.3 is 0 Å². The van der Waals surface area contributed by atoms with Gasteiger partial charge in [0.25, 0.3) is 0 Å². The molecule has 0 aromatic rings. The van der Waals surface area contributed by atoms with Crippen LogP contribution in [0.3, 0.4) is 0 Å². The molecule has 0 aliphatic rings. The van der Waals surface area contributed by atoms with Crippen LogP contribution in [0.4, 0.5) is 0 Å². The molecule has 0 aliphatic carbocycles. The number of hydrogen-bond donors (Lipinski definition) is 0. The molecule has 1 amide bonds. The number of amides is 1. The van der Waals surface area contributed by atoms with Gasteiger partial charge in [0, 0.05) is 11.8 Å². The Morgan fingerprint density at radius 1 is 2.00 bits per heavy atom. The summed E-state index contributed by atoms with van der Waals surface area (Å²) < 4.78 is 0. The first-order valence-corrected chi connectivity index (χ1v) is 1.33. The molecule has 0 heterocycles. The quantitative estimate of drug-likeness (QED) is 0.244. The lowest BCUT2D eigenvalue weighted by atomic mass is 10.8. The number of rotatable bonds is 0. The minimum absolute atomic E-state index is 0.502. The Hall–Kier alpha value is -1.02. The van der Waals surface area contributed by atoms with Crippen molar-refractivity contribution in [2.24, 2.45) is 5.11 Å². The van der Waals surface area contributed by atoms with Crippen molar-refractivity contribution in [2.75, 3.05) is 0 Å². The first-order valence-electron chi connectivity index (χ1n) is 1.33. The normalized spacial score (nSPS) is 6.17. The molecule has 6 heavy (non-hydrogen) atoms. The summed E-state index contributed by atoms with van der Waals surface area (Å²) in [6, 6.07) is 0. The van der Waals surface area contributed by atoms with Gasteiger partial charge in [-0.3, -0.25) is 4.79 Å². The molecule has 0 unspecified atom stereocenters. The van der Waals surface area contributed by atoms with Gasteiger partial charge in [0.1, 0.15) is 0 Å². The van der Waals surface area contributed by atoms with Gasteiger partial charge < -0.3 is 0 Å². The topological polar surface area (TPSA) is 65.8 Å². The molecule has 4 nitrogen and oxygen atoms in total. The number of nitrogens with zero attached hydrogens (tertiary/aromatic N) is 3. The summed E-state index contributed by atoms with van der Waals surface area (Å²) in [6.45, 7) is 1.19. The SMILES string of the molecule is CC(=O)N=[N+]=[N-]. The molecule has 0 bridgehead atoms. The van der Waals surface area contributed by atoms with Crippen LogP contribution in [0.25, 0.3) is 10.4 Å². The van der Waals surface area contributed by atoms with E-state index >= 15 is 0 Å². The lowest BCUT2D eigenvalue weighted by Gasteiger charge is -1.61. The maximum Gasteiger partial charge on any atom is 0.215 e. The van der Waals surface area contributed by atoms with Gasteiger partial charge in [0.15, 0.2) is 0 Å². The van der Waals surface area contributed by atoms with E-state index in [9.17, 15) is 4.79 Å². The van der Waals surface area contributed by atoms with E-state index in [2.05, 4.69) is 10.0 Å². The summed E-state index contributed by atoms with van der Waals surface area (Å²) in [6.07, 6.45) is 0. The first kappa shape index (κ1) is 4.98. The Morgan fingerprint density at radius 2 is 2.50 bits per heavy atom. The summed E-state index contributed by atoms with van der Waals surface area (Å²) in [4.78, 5) is 11.8. The monoisotopic (exact) mass is 85.0 g/mol. The molecule has 0 aromatic carbocycles. The average molecular weight is 85.1 g/mol. The second-order valence-electron chi connectivity index (χ2n) is 0.708. The van der Waals surface area contributed by atoms with Crippen molar-refractivity contribution in [1.82, 2.24) is 0 Å². The standard InChI is InChI=1S/C2H3N3O/c1-2(6)4-5-3/h1H3. The van der Waals surface area contributed by atoms with Crippen molar-refractivity contribution in [3.63, 3.8) is 0 Å². The molecule has 0 N–H and O–H groups in total. The van der Waals surface area contributed by atoms with Gasteiger partial charge in [-0.05, 0) is 10.6 Å². The van der Waals surface area contributed by atoms with Crippen LogP contribution in [0.1, 0.15) is 6.92 Å². The van der Waals surface area contributed by atoms with Crippen LogP contribution < -0.4 is 0 Å². The van der Waals surface area contributed by atoms with Crippen LogP contribution in [0.2, 0.25) is 0 Å². The predicted octanol–water partition coefficient (Wildman–Crippen LogP) is 0.843. The predicted molar refractivity (Wildman–Crippen MR) is 19.8 cm³/mol. The molecule has 0 aromatic heterocycles. The maximum absolute atomic E-state index is 9.62. The van der Waals surface area contributed by atoms with Crippen molar-refractivity contribution >= 4 is 5.91 Å². The molecule has 0 atom stereocenters. The third-order valence-corrected chi connectivity index (χ3v) is 0.186. The lowest BCUT2D eigenvalue weighted by molar-refractivity contribution is -0.115. The second-order valence-corrected chi connectivity index (χ2v) is 0.708.